The van der Waals surface area contributed by atoms with E-state index in [-0.39, 0.29) is 0 Å². The van der Waals surface area contributed by atoms with E-state index < -0.39 is 0 Å². The summed E-state index contributed by atoms with van der Waals surface area (Å²) < 4.78 is 5.32. The molecule has 0 bridgehead atoms. The first-order chi connectivity index (χ1) is 4.41. The largest absolute Gasteiger partial charge is 0.366 e. The van der Waals surface area contributed by atoms with Crippen LogP contribution in [0.15, 0.2) is 0 Å². The van der Waals surface area contributed by atoms with Gasteiger partial charge in [-0.1, -0.05) is 6.42 Å². The van der Waals surface area contributed by atoms with E-state index in [2.05, 4.69) is 5.32 Å². The van der Waals surface area contributed by atoms with Crippen LogP contribution < -0.4 is 5.32 Å². The smallest absolute Gasteiger partial charge is 0.0965 e. The maximum Gasteiger partial charge on any atom is 0.0965 e. The Balaban J connectivity index is 1.93. The minimum atomic E-state index is 0.568. The summed E-state index contributed by atoms with van der Waals surface area (Å²) in [6.45, 7) is 2.95. The van der Waals surface area contributed by atoms with Crippen molar-refractivity contribution in [3.05, 3.63) is 0 Å². The molecule has 0 aromatic heterocycles. The van der Waals surface area contributed by atoms with E-state index in [4.69, 9.17) is 4.74 Å². The Kier molecular flexibility index (Phi) is 1.24. The molecule has 1 aliphatic carbocycles. The normalized spacial score (nSPS) is 32.0. The Morgan fingerprint density at radius 2 is 2.22 bits per heavy atom. The van der Waals surface area contributed by atoms with Crippen molar-refractivity contribution in [1.82, 2.24) is 5.32 Å². The van der Waals surface area contributed by atoms with Gasteiger partial charge in [0.05, 0.1) is 13.3 Å². The lowest BCUT2D eigenvalue weighted by atomic mass is 9.69. The molecular formula is C7H13NO. The molecule has 2 fully saturated rings. The van der Waals surface area contributed by atoms with E-state index in [9.17, 15) is 0 Å². The number of hydrogen-bond acceptors (Lipinski definition) is 2. The summed E-state index contributed by atoms with van der Waals surface area (Å²) in [6.07, 6.45) is 4.16. The van der Waals surface area contributed by atoms with Crippen molar-refractivity contribution >= 4 is 0 Å². The minimum Gasteiger partial charge on any atom is -0.366 e. The van der Waals surface area contributed by atoms with Crippen LogP contribution in [0.2, 0.25) is 0 Å². The molecule has 1 aliphatic heterocycles. The van der Waals surface area contributed by atoms with Crippen molar-refractivity contribution in [2.24, 2.45) is 5.41 Å². The molecule has 1 N–H and O–H groups in total. The van der Waals surface area contributed by atoms with E-state index in [0.29, 0.717) is 5.41 Å². The third-order valence-corrected chi connectivity index (χ3v) is 2.53. The fourth-order valence-electron chi connectivity index (χ4n) is 1.70. The van der Waals surface area contributed by atoms with Crippen LogP contribution in [0.4, 0.5) is 0 Å². The predicted molar refractivity (Wildman–Crippen MR) is 35.1 cm³/mol. The SMILES string of the molecule is C1CC2(C1)CNCOC2. The fourth-order valence-corrected chi connectivity index (χ4v) is 1.70. The second-order valence-electron chi connectivity index (χ2n) is 3.27. The summed E-state index contributed by atoms with van der Waals surface area (Å²) in [4.78, 5) is 0. The van der Waals surface area contributed by atoms with Gasteiger partial charge < -0.3 is 4.74 Å². The summed E-state index contributed by atoms with van der Waals surface area (Å²) in [5, 5.41) is 3.26. The van der Waals surface area contributed by atoms with Crippen LogP contribution in [0.3, 0.4) is 0 Å². The molecule has 2 heteroatoms. The van der Waals surface area contributed by atoms with Crippen molar-refractivity contribution in [3.8, 4) is 0 Å². The number of hydrogen-bond donors (Lipinski definition) is 1. The van der Waals surface area contributed by atoms with Crippen LogP contribution in [0.5, 0.6) is 0 Å². The Labute approximate surface area is 55.6 Å². The molecule has 0 radical (unpaired) electrons. The van der Waals surface area contributed by atoms with Crippen molar-refractivity contribution in [2.45, 2.75) is 19.3 Å². The molecule has 9 heavy (non-hydrogen) atoms. The van der Waals surface area contributed by atoms with Gasteiger partial charge in [0.1, 0.15) is 0 Å². The zero-order valence-corrected chi connectivity index (χ0v) is 5.65. The maximum absolute atomic E-state index is 5.32. The van der Waals surface area contributed by atoms with E-state index in [0.717, 1.165) is 13.3 Å². The molecule has 2 rings (SSSR count). The Bertz CT molecular complexity index is 101. The van der Waals surface area contributed by atoms with Crippen LogP contribution in [0, 0.1) is 5.41 Å². The Morgan fingerprint density at radius 3 is 2.56 bits per heavy atom. The molecule has 0 unspecified atom stereocenters. The molecular weight excluding hydrogens is 114 g/mol. The highest BCUT2D eigenvalue weighted by molar-refractivity contribution is 4.90. The van der Waals surface area contributed by atoms with Gasteiger partial charge in [0.25, 0.3) is 0 Å². The van der Waals surface area contributed by atoms with Gasteiger partial charge in [-0.05, 0) is 12.8 Å². The highest BCUT2D eigenvalue weighted by atomic mass is 16.5. The Hall–Kier alpha value is -0.0800. The van der Waals surface area contributed by atoms with E-state index in [1.807, 2.05) is 0 Å². The minimum absolute atomic E-state index is 0.568. The predicted octanol–water partition coefficient (Wildman–Crippen LogP) is 0.734. The standard InChI is InChI=1S/C7H13NO/c1-2-7(3-1)4-8-6-9-5-7/h8H,1-6H2. The van der Waals surface area contributed by atoms with Gasteiger partial charge in [0.2, 0.25) is 0 Å². The highest BCUT2D eigenvalue weighted by Crippen LogP contribution is 2.41. The third-order valence-electron chi connectivity index (χ3n) is 2.53. The average Bonchev–Trinajstić information content (AvgIpc) is 1.87. The maximum atomic E-state index is 5.32. The molecule has 1 saturated heterocycles. The van der Waals surface area contributed by atoms with Crippen LogP contribution >= 0.6 is 0 Å². The summed E-state index contributed by atoms with van der Waals surface area (Å²) in [5.41, 5.74) is 0.568. The Morgan fingerprint density at radius 1 is 1.33 bits per heavy atom. The lowest BCUT2D eigenvalue weighted by Crippen LogP contribution is -2.48. The van der Waals surface area contributed by atoms with Crippen molar-refractivity contribution in [3.63, 3.8) is 0 Å². The quantitative estimate of drug-likeness (QED) is 0.518. The first kappa shape index (κ1) is 5.69. The first-order valence-corrected chi connectivity index (χ1v) is 3.70. The third kappa shape index (κ3) is 0.864. The molecule has 2 aliphatic rings. The summed E-state index contributed by atoms with van der Waals surface area (Å²) in [6, 6.07) is 0. The molecule has 52 valence electrons. The fraction of sp³-hybridized carbons (Fsp3) is 1.00. The summed E-state index contributed by atoms with van der Waals surface area (Å²) in [7, 11) is 0. The zero-order valence-electron chi connectivity index (χ0n) is 5.65. The lowest BCUT2D eigenvalue weighted by molar-refractivity contribution is -0.0531. The molecule has 1 saturated carbocycles. The number of ether oxygens (including phenoxy) is 1. The van der Waals surface area contributed by atoms with E-state index >= 15 is 0 Å². The molecule has 1 spiro atoms. The van der Waals surface area contributed by atoms with Gasteiger partial charge in [0, 0.05) is 12.0 Å². The van der Waals surface area contributed by atoms with E-state index in [1.165, 1.54) is 25.8 Å². The lowest BCUT2D eigenvalue weighted by Gasteiger charge is -2.44. The zero-order chi connectivity index (χ0) is 6.16. The molecule has 0 aromatic rings. The van der Waals surface area contributed by atoms with Gasteiger partial charge in [-0.15, -0.1) is 0 Å². The molecule has 0 aromatic carbocycles. The monoisotopic (exact) mass is 127 g/mol. The van der Waals surface area contributed by atoms with Crippen molar-refractivity contribution in [1.29, 1.82) is 0 Å². The van der Waals surface area contributed by atoms with Crippen molar-refractivity contribution < 1.29 is 4.74 Å². The number of rotatable bonds is 0. The molecule has 1 heterocycles. The van der Waals surface area contributed by atoms with Crippen LogP contribution in [-0.4, -0.2) is 19.9 Å². The second-order valence-corrected chi connectivity index (χ2v) is 3.27. The average molecular weight is 127 g/mol. The molecule has 2 nitrogen and oxygen atoms in total. The van der Waals surface area contributed by atoms with Gasteiger partial charge >= 0.3 is 0 Å². The highest BCUT2D eigenvalue weighted by Gasteiger charge is 2.38. The molecule has 0 amide bonds. The van der Waals surface area contributed by atoms with Gasteiger partial charge in [0.15, 0.2) is 0 Å². The topological polar surface area (TPSA) is 21.3 Å². The van der Waals surface area contributed by atoms with Gasteiger partial charge in [-0.2, -0.15) is 0 Å². The first-order valence-electron chi connectivity index (χ1n) is 3.70. The van der Waals surface area contributed by atoms with Crippen molar-refractivity contribution in [2.75, 3.05) is 19.9 Å². The van der Waals surface area contributed by atoms with Gasteiger partial charge in [-0.3, -0.25) is 5.32 Å². The van der Waals surface area contributed by atoms with Crippen LogP contribution in [-0.2, 0) is 4.74 Å². The van der Waals surface area contributed by atoms with Crippen LogP contribution in [0.25, 0.3) is 0 Å². The van der Waals surface area contributed by atoms with E-state index in [1.54, 1.807) is 0 Å². The summed E-state index contributed by atoms with van der Waals surface area (Å²) >= 11 is 0. The van der Waals surface area contributed by atoms with Crippen LogP contribution in [0.1, 0.15) is 19.3 Å². The summed E-state index contributed by atoms with van der Waals surface area (Å²) in [5.74, 6) is 0. The number of nitrogens with one attached hydrogen (secondary N) is 1. The molecule has 0 atom stereocenters. The van der Waals surface area contributed by atoms with Gasteiger partial charge in [-0.25, -0.2) is 0 Å². The second kappa shape index (κ2) is 1.96.